The summed E-state index contributed by atoms with van der Waals surface area (Å²) in [6.45, 7) is 6.25. The summed E-state index contributed by atoms with van der Waals surface area (Å²) in [5.41, 5.74) is 2.73. The highest BCUT2D eigenvalue weighted by Gasteiger charge is 2.36. The first-order valence-corrected chi connectivity index (χ1v) is 9.49. The molecule has 1 N–H and O–H groups in total. The number of piperazine rings is 1. The summed E-state index contributed by atoms with van der Waals surface area (Å²) < 4.78 is 5.81. The maximum Gasteiger partial charge on any atom is 0.253 e. The Kier molecular flexibility index (Phi) is 5.04. The van der Waals surface area contributed by atoms with Gasteiger partial charge in [0.05, 0.1) is 24.9 Å². The Morgan fingerprint density at radius 1 is 1.23 bits per heavy atom. The second-order valence-corrected chi connectivity index (χ2v) is 7.17. The van der Waals surface area contributed by atoms with Crippen molar-refractivity contribution in [1.29, 1.82) is 0 Å². The normalized spacial score (nSPS) is 23.7. The number of carbonyl (C=O) groups is 1. The maximum absolute atomic E-state index is 12.9. The Balaban J connectivity index is 1.43. The first kappa shape index (κ1) is 17.2. The number of amides is 1. The topological polar surface area (TPSA) is 61.5 Å². The Morgan fingerprint density at radius 2 is 2.08 bits per heavy atom. The minimum atomic E-state index is 0.110. The Morgan fingerprint density at radius 3 is 2.81 bits per heavy atom. The van der Waals surface area contributed by atoms with Gasteiger partial charge in [0.25, 0.3) is 5.91 Å². The number of hydrogen-bond acceptors (Lipinski definition) is 4. The van der Waals surface area contributed by atoms with Crippen LogP contribution in [0.4, 0.5) is 0 Å². The molecule has 0 bridgehead atoms. The van der Waals surface area contributed by atoms with E-state index in [9.17, 15) is 4.79 Å². The highest BCUT2D eigenvalue weighted by Crippen LogP contribution is 2.23. The molecule has 2 aliphatic rings. The molecule has 0 saturated carbocycles. The van der Waals surface area contributed by atoms with Crippen molar-refractivity contribution in [1.82, 2.24) is 20.0 Å². The number of aromatic nitrogens is 2. The summed E-state index contributed by atoms with van der Waals surface area (Å²) in [7, 11) is 0. The van der Waals surface area contributed by atoms with E-state index in [1.54, 1.807) is 6.20 Å². The molecule has 26 heavy (non-hydrogen) atoms. The van der Waals surface area contributed by atoms with E-state index in [1.807, 2.05) is 35.2 Å². The molecule has 0 spiro atoms. The fraction of sp³-hybridized carbons (Fsp3) is 0.500. The lowest BCUT2D eigenvalue weighted by molar-refractivity contribution is -0.0776. The van der Waals surface area contributed by atoms with Crippen LogP contribution in [0.1, 0.15) is 30.1 Å². The standard InChI is InChI=1S/C20H26N4O2/c1-2-3-17-13-26-14-18-12-23(10-11-24(17)18)20(25)16-6-4-15(5-7-16)19-8-9-21-22-19/h4-9,17-18H,2-3,10-14H2,1H3,(H,21,22)/t17-,18+/m0/s1. The van der Waals surface area contributed by atoms with Gasteiger partial charge in [-0.05, 0) is 30.2 Å². The summed E-state index contributed by atoms with van der Waals surface area (Å²) >= 11 is 0. The number of nitrogens with one attached hydrogen (secondary N) is 1. The summed E-state index contributed by atoms with van der Waals surface area (Å²) in [4.78, 5) is 17.5. The van der Waals surface area contributed by atoms with E-state index in [-0.39, 0.29) is 5.91 Å². The number of rotatable bonds is 4. The van der Waals surface area contributed by atoms with E-state index in [2.05, 4.69) is 22.0 Å². The SMILES string of the molecule is CCC[C@H]1COC[C@H]2CN(C(=O)c3ccc(-c4ccn[nH]4)cc3)CCN12. The predicted molar refractivity (Wildman–Crippen MR) is 99.9 cm³/mol. The van der Waals surface area contributed by atoms with Gasteiger partial charge in [0.15, 0.2) is 0 Å². The van der Waals surface area contributed by atoms with Gasteiger partial charge in [0.2, 0.25) is 0 Å². The van der Waals surface area contributed by atoms with Crippen molar-refractivity contribution >= 4 is 5.91 Å². The zero-order chi connectivity index (χ0) is 17.9. The molecule has 0 radical (unpaired) electrons. The van der Waals surface area contributed by atoms with E-state index < -0.39 is 0 Å². The van der Waals surface area contributed by atoms with Gasteiger partial charge in [-0.1, -0.05) is 25.5 Å². The second kappa shape index (κ2) is 7.60. The number of fused-ring (bicyclic) bond motifs is 1. The molecule has 2 fully saturated rings. The molecule has 1 amide bonds. The molecule has 2 saturated heterocycles. The number of benzene rings is 1. The molecular formula is C20H26N4O2. The van der Waals surface area contributed by atoms with Crippen molar-refractivity contribution in [3.8, 4) is 11.3 Å². The smallest absolute Gasteiger partial charge is 0.253 e. The molecular weight excluding hydrogens is 328 g/mol. The summed E-state index contributed by atoms with van der Waals surface area (Å²) in [6, 6.07) is 10.5. The summed E-state index contributed by atoms with van der Waals surface area (Å²) in [5, 5.41) is 6.92. The number of carbonyl (C=O) groups excluding carboxylic acids is 1. The van der Waals surface area contributed by atoms with Crippen LogP contribution in [-0.2, 0) is 4.74 Å². The number of morpholine rings is 1. The number of ether oxygens (including phenoxy) is 1. The van der Waals surface area contributed by atoms with E-state index in [4.69, 9.17) is 4.74 Å². The molecule has 6 nitrogen and oxygen atoms in total. The van der Waals surface area contributed by atoms with Gasteiger partial charge in [0, 0.05) is 37.4 Å². The van der Waals surface area contributed by atoms with Gasteiger partial charge in [-0.2, -0.15) is 5.10 Å². The third-order valence-corrected chi connectivity index (χ3v) is 5.47. The minimum Gasteiger partial charge on any atom is -0.378 e. The van der Waals surface area contributed by atoms with Crippen molar-refractivity contribution in [2.75, 3.05) is 32.8 Å². The lowest BCUT2D eigenvalue weighted by Crippen LogP contribution is -2.62. The molecule has 138 valence electrons. The van der Waals surface area contributed by atoms with E-state index in [1.165, 1.54) is 12.8 Å². The van der Waals surface area contributed by atoms with Crippen molar-refractivity contribution in [3.05, 3.63) is 42.1 Å². The van der Waals surface area contributed by atoms with Crippen LogP contribution in [0.5, 0.6) is 0 Å². The number of H-pyrrole nitrogens is 1. The number of nitrogens with zero attached hydrogens (tertiary/aromatic N) is 3. The Hall–Kier alpha value is -2.18. The molecule has 3 heterocycles. The van der Waals surface area contributed by atoms with Crippen LogP contribution in [0.3, 0.4) is 0 Å². The van der Waals surface area contributed by atoms with Gasteiger partial charge in [-0.25, -0.2) is 0 Å². The van der Waals surface area contributed by atoms with Gasteiger partial charge >= 0.3 is 0 Å². The molecule has 0 aliphatic carbocycles. The average molecular weight is 354 g/mol. The zero-order valence-electron chi connectivity index (χ0n) is 15.2. The molecule has 6 heteroatoms. The van der Waals surface area contributed by atoms with Crippen LogP contribution in [0, 0.1) is 0 Å². The Labute approximate surface area is 154 Å². The van der Waals surface area contributed by atoms with E-state index >= 15 is 0 Å². The van der Waals surface area contributed by atoms with Crippen LogP contribution in [0.2, 0.25) is 0 Å². The summed E-state index contributed by atoms with van der Waals surface area (Å²) in [6.07, 6.45) is 4.06. The van der Waals surface area contributed by atoms with Crippen LogP contribution in [0.25, 0.3) is 11.3 Å². The fourth-order valence-corrected chi connectivity index (χ4v) is 4.09. The monoisotopic (exact) mass is 354 g/mol. The zero-order valence-corrected chi connectivity index (χ0v) is 15.2. The fourth-order valence-electron chi connectivity index (χ4n) is 4.09. The van der Waals surface area contributed by atoms with Crippen LogP contribution < -0.4 is 0 Å². The van der Waals surface area contributed by atoms with Gasteiger partial charge in [0.1, 0.15) is 0 Å². The van der Waals surface area contributed by atoms with Crippen LogP contribution in [-0.4, -0.2) is 70.8 Å². The first-order valence-electron chi connectivity index (χ1n) is 9.49. The lowest BCUT2D eigenvalue weighted by atomic mass is 10.0. The van der Waals surface area contributed by atoms with Crippen molar-refractivity contribution < 1.29 is 9.53 Å². The third-order valence-electron chi connectivity index (χ3n) is 5.47. The molecule has 1 aromatic heterocycles. The second-order valence-electron chi connectivity index (χ2n) is 7.17. The summed E-state index contributed by atoms with van der Waals surface area (Å²) in [5.74, 6) is 0.110. The third kappa shape index (κ3) is 3.39. The van der Waals surface area contributed by atoms with Crippen molar-refractivity contribution in [2.24, 2.45) is 0 Å². The van der Waals surface area contributed by atoms with Crippen molar-refractivity contribution in [3.63, 3.8) is 0 Å². The lowest BCUT2D eigenvalue weighted by Gasteiger charge is -2.48. The maximum atomic E-state index is 12.9. The molecule has 2 aliphatic heterocycles. The molecule has 2 aromatic rings. The first-order chi connectivity index (χ1) is 12.8. The predicted octanol–water partition coefficient (Wildman–Crippen LogP) is 2.40. The molecule has 2 atom stereocenters. The minimum absolute atomic E-state index is 0.110. The van der Waals surface area contributed by atoms with Gasteiger partial charge < -0.3 is 9.64 Å². The highest BCUT2D eigenvalue weighted by atomic mass is 16.5. The number of hydrogen-bond donors (Lipinski definition) is 1. The average Bonchev–Trinajstić information content (AvgIpc) is 3.22. The largest absolute Gasteiger partial charge is 0.378 e. The van der Waals surface area contributed by atoms with Crippen LogP contribution >= 0.6 is 0 Å². The van der Waals surface area contributed by atoms with Crippen LogP contribution in [0.15, 0.2) is 36.5 Å². The van der Waals surface area contributed by atoms with Crippen molar-refractivity contribution in [2.45, 2.75) is 31.8 Å². The Bertz CT molecular complexity index is 727. The van der Waals surface area contributed by atoms with E-state index in [0.29, 0.717) is 12.1 Å². The molecule has 0 unspecified atom stereocenters. The molecule has 4 rings (SSSR count). The number of aromatic amines is 1. The van der Waals surface area contributed by atoms with Gasteiger partial charge in [-0.15, -0.1) is 0 Å². The van der Waals surface area contributed by atoms with E-state index in [0.717, 1.165) is 49.7 Å². The molecule has 1 aromatic carbocycles. The quantitative estimate of drug-likeness (QED) is 0.916. The highest BCUT2D eigenvalue weighted by molar-refractivity contribution is 5.94. The van der Waals surface area contributed by atoms with Gasteiger partial charge in [-0.3, -0.25) is 14.8 Å².